The van der Waals surface area contributed by atoms with Crippen molar-refractivity contribution < 1.29 is 19.1 Å². The van der Waals surface area contributed by atoms with E-state index in [1.807, 2.05) is 11.8 Å². The number of phenols is 1. The summed E-state index contributed by atoms with van der Waals surface area (Å²) in [4.78, 5) is 49.5. The van der Waals surface area contributed by atoms with E-state index in [1.54, 1.807) is 22.6 Å². The number of hydrogen-bond donors (Lipinski definition) is 1. The SMILES string of the molecule is C=CC(=O)N1C[C@@H]2C(=O)N(C)c3c(c4cc(Cl)c(-c5c(O)cccc5F)nc4n(C4CC4)c3=O)N2C[C@H]1C. The van der Waals surface area contributed by atoms with E-state index in [-0.39, 0.29) is 63.7 Å². The molecule has 196 valence electrons. The van der Waals surface area contributed by atoms with Gasteiger partial charge in [0.05, 0.1) is 28.5 Å². The van der Waals surface area contributed by atoms with Gasteiger partial charge in [-0.1, -0.05) is 24.2 Å². The molecule has 9 nitrogen and oxygen atoms in total. The summed E-state index contributed by atoms with van der Waals surface area (Å²) in [6, 6.07) is 4.45. The number of rotatable bonds is 3. The quantitative estimate of drug-likeness (QED) is 0.514. The van der Waals surface area contributed by atoms with Gasteiger partial charge in [-0.3, -0.25) is 19.0 Å². The Morgan fingerprint density at radius 1 is 1.24 bits per heavy atom. The Morgan fingerprint density at radius 3 is 2.63 bits per heavy atom. The zero-order valence-electron chi connectivity index (χ0n) is 20.8. The normalized spacial score (nSPS) is 20.9. The monoisotopic (exact) mass is 537 g/mol. The summed E-state index contributed by atoms with van der Waals surface area (Å²) in [7, 11) is 1.56. The highest BCUT2D eigenvalue weighted by Gasteiger charge is 2.46. The minimum absolute atomic E-state index is 0.0232. The van der Waals surface area contributed by atoms with Crippen LogP contribution in [0.1, 0.15) is 25.8 Å². The van der Waals surface area contributed by atoms with Crippen molar-refractivity contribution in [3.8, 4) is 17.0 Å². The van der Waals surface area contributed by atoms with Crippen LogP contribution in [0, 0.1) is 5.82 Å². The molecule has 1 aromatic carbocycles. The number of aromatic hydroxyl groups is 1. The standard InChI is InChI=1S/C27H25ClFN5O4/c1-4-20(36)32-12-18-26(37)31(3)24-23(33(18)11-13(32)2)15-10-16(28)22(21-17(29)6-5-7-19(21)35)30-25(15)34(27(24)38)14-8-9-14/h4-7,10,13-14,18,35H,1,8-9,11-12H2,2-3H3/t13-,18-/m1/s1. The topological polar surface area (TPSA) is 99.0 Å². The Bertz CT molecular complexity index is 1600. The zero-order chi connectivity index (χ0) is 27.0. The Morgan fingerprint density at radius 2 is 1.97 bits per heavy atom. The first-order chi connectivity index (χ1) is 18.1. The van der Waals surface area contributed by atoms with Gasteiger partial charge in [0.2, 0.25) is 5.91 Å². The Kier molecular flexibility index (Phi) is 5.50. The van der Waals surface area contributed by atoms with E-state index in [2.05, 4.69) is 11.6 Å². The molecular weight excluding hydrogens is 513 g/mol. The largest absolute Gasteiger partial charge is 0.507 e. The van der Waals surface area contributed by atoms with Gasteiger partial charge < -0.3 is 19.8 Å². The van der Waals surface area contributed by atoms with E-state index in [0.29, 0.717) is 23.3 Å². The van der Waals surface area contributed by atoms with Crippen molar-refractivity contribution in [3.63, 3.8) is 0 Å². The van der Waals surface area contributed by atoms with Crippen LogP contribution < -0.4 is 15.4 Å². The molecule has 1 saturated carbocycles. The van der Waals surface area contributed by atoms with Crippen molar-refractivity contribution in [1.82, 2.24) is 14.5 Å². The number of aromatic nitrogens is 2. The highest BCUT2D eigenvalue weighted by molar-refractivity contribution is 6.34. The molecule has 1 aliphatic carbocycles. The van der Waals surface area contributed by atoms with E-state index in [0.717, 1.165) is 12.8 Å². The number of anilines is 2. The molecule has 3 aromatic rings. The molecule has 0 unspecified atom stereocenters. The van der Waals surface area contributed by atoms with Gasteiger partial charge in [0.15, 0.2) is 0 Å². The van der Waals surface area contributed by atoms with Crippen LogP contribution in [0.25, 0.3) is 22.3 Å². The number of hydrogen-bond acceptors (Lipinski definition) is 6. The predicted molar refractivity (Wildman–Crippen MR) is 142 cm³/mol. The summed E-state index contributed by atoms with van der Waals surface area (Å²) in [5, 5.41) is 11.0. The Balaban J connectivity index is 1.64. The third-order valence-electron chi connectivity index (χ3n) is 7.66. The van der Waals surface area contributed by atoms with Crippen molar-refractivity contribution in [2.24, 2.45) is 0 Å². The summed E-state index contributed by atoms with van der Waals surface area (Å²) in [6.07, 6.45) is 2.75. The number of carbonyl (C=O) groups excluding carboxylic acids is 2. The van der Waals surface area contributed by atoms with Crippen LogP contribution in [0.4, 0.5) is 15.8 Å². The predicted octanol–water partition coefficient (Wildman–Crippen LogP) is 3.46. The van der Waals surface area contributed by atoms with Crippen LogP contribution in [0.3, 0.4) is 0 Å². The van der Waals surface area contributed by atoms with E-state index in [1.165, 1.54) is 29.2 Å². The number of fused-ring (bicyclic) bond motifs is 5. The lowest BCUT2D eigenvalue weighted by Gasteiger charge is -2.49. The fraction of sp³-hybridized carbons (Fsp3) is 0.333. The molecule has 3 aliphatic rings. The first-order valence-electron chi connectivity index (χ1n) is 12.4. The van der Waals surface area contributed by atoms with Gasteiger partial charge in [-0.25, -0.2) is 9.37 Å². The van der Waals surface area contributed by atoms with Crippen molar-refractivity contribution in [2.75, 3.05) is 29.9 Å². The van der Waals surface area contributed by atoms with E-state index < -0.39 is 11.9 Å². The number of carbonyl (C=O) groups is 2. The van der Waals surface area contributed by atoms with Crippen molar-refractivity contribution in [3.05, 3.63) is 58.1 Å². The number of benzene rings is 1. The molecule has 2 atom stereocenters. The smallest absolute Gasteiger partial charge is 0.278 e. The molecule has 0 bridgehead atoms. The second kappa shape index (κ2) is 8.56. The maximum atomic E-state index is 14.8. The zero-order valence-corrected chi connectivity index (χ0v) is 21.6. The maximum Gasteiger partial charge on any atom is 0.278 e. The lowest BCUT2D eigenvalue weighted by atomic mass is 9.98. The fourth-order valence-corrected chi connectivity index (χ4v) is 5.90. The molecule has 2 aromatic heterocycles. The van der Waals surface area contributed by atoms with Gasteiger partial charge in [0.25, 0.3) is 11.5 Å². The molecule has 38 heavy (non-hydrogen) atoms. The van der Waals surface area contributed by atoms with Crippen molar-refractivity contribution in [1.29, 1.82) is 0 Å². The van der Waals surface area contributed by atoms with Crippen LogP contribution >= 0.6 is 11.6 Å². The van der Waals surface area contributed by atoms with Crippen LogP contribution in [-0.4, -0.2) is 63.6 Å². The summed E-state index contributed by atoms with van der Waals surface area (Å²) in [5.41, 5.74) is 0.528. The van der Waals surface area contributed by atoms with E-state index in [4.69, 9.17) is 11.6 Å². The number of likely N-dealkylation sites (N-methyl/N-ethyl adjacent to an activating group) is 1. The van der Waals surface area contributed by atoms with Crippen molar-refractivity contribution >= 4 is 45.8 Å². The number of amides is 2. The molecule has 1 saturated heterocycles. The lowest BCUT2D eigenvalue weighted by Crippen LogP contribution is -2.66. The van der Waals surface area contributed by atoms with Gasteiger partial charge in [0.1, 0.15) is 28.9 Å². The number of halogens is 2. The summed E-state index contributed by atoms with van der Waals surface area (Å²) >= 11 is 6.67. The van der Waals surface area contributed by atoms with Gasteiger partial charge in [-0.05, 0) is 44.0 Å². The Hall–Kier alpha value is -3.92. The second-order valence-corrected chi connectivity index (χ2v) is 10.4. The second-order valence-electron chi connectivity index (χ2n) is 10.0. The molecular formula is C27H25ClFN5O4. The van der Waals surface area contributed by atoms with Crippen LogP contribution in [0.15, 0.2) is 41.7 Å². The van der Waals surface area contributed by atoms with Gasteiger partial charge in [0, 0.05) is 31.1 Å². The minimum atomic E-state index is -0.721. The maximum absolute atomic E-state index is 14.8. The highest BCUT2D eigenvalue weighted by Crippen LogP contribution is 2.46. The molecule has 4 heterocycles. The van der Waals surface area contributed by atoms with E-state index >= 15 is 0 Å². The van der Waals surface area contributed by atoms with Gasteiger partial charge >= 0.3 is 0 Å². The summed E-state index contributed by atoms with van der Waals surface area (Å²) < 4.78 is 16.4. The number of phenolic OH excluding ortho intramolecular Hbond substituents is 1. The third-order valence-corrected chi connectivity index (χ3v) is 7.95. The van der Waals surface area contributed by atoms with Gasteiger partial charge in [-0.15, -0.1) is 0 Å². The first kappa shape index (κ1) is 24.4. The average molecular weight is 538 g/mol. The molecule has 2 amide bonds. The summed E-state index contributed by atoms with van der Waals surface area (Å²) in [5.74, 6) is -1.58. The van der Waals surface area contributed by atoms with Crippen LogP contribution in [0.5, 0.6) is 5.75 Å². The number of pyridine rings is 2. The Labute approximate surface area is 222 Å². The number of nitrogens with zero attached hydrogens (tertiary/aromatic N) is 5. The molecule has 2 aliphatic heterocycles. The van der Waals surface area contributed by atoms with Gasteiger partial charge in [-0.2, -0.15) is 0 Å². The molecule has 0 spiro atoms. The average Bonchev–Trinajstić information content (AvgIpc) is 3.71. The molecule has 6 rings (SSSR count). The molecule has 1 N–H and O–H groups in total. The third kappa shape index (κ3) is 3.43. The van der Waals surface area contributed by atoms with Crippen LogP contribution in [-0.2, 0) is 9.59 Å². The summed E-state index contributed by atoms with van der Waals surface area (Å²) in [6.45, 7) is 5.87. The first-order valence-corrected chi connectivity index (χ1v) is 12.8. The number of piperazine rings is 1. The lowest BCUT2D eigenvalue weighted by molar-refractivity contribution is -0.130. The minimum Gasteiger partial charge on any atom is -0.507 e. The van der Waals surface area contributed by atoms with Crippen LogP contribution in [0.2, 0.25) is 5.02 Å². The molecule has 0 radical (unpaired) electrons. The van der Waals surface area contributed by atoms with E-state index in [9.17, 15) is 23.9 Å². The molecule has 11 heteroatoms. The van der Waals surface area contributed by atoms with Crippen molar-refractivity contribution in [2.45, 2.75) is 37.9 Å². The molecule has 2 fully saturated rings. The highest BCUT2D eigenvalue weighted by atomic mass is 35.5. The fourth-order valence-electron chi connectivity index (χ4n) is 5.66.